The van der Waals surface area contributed by atoms with Crippen molar-refractivity contribution >= 4 is 19.8 Å². The number of nitrogens with two attached hydrogens (primary N) is 1. The van der Waals surface area contributed by atoms with Gasteiger partial charge in [0, 0.05) is 19.4 Å². The van der Waals surface area contributed by atoms with Gasteiger partial charge in [0.2, 0.25) is 0 Å². The van der Waals surface area contributed by atoms with E-state index in [9.17, 15) is 19.0 Å². The Hall–Kier alpha value is -4.63. The molecule has 0 aromatic rings. The molecule has 0 amide bonds. The Kier molecular flexibility index (Phi) is 55.0. The number of phosphoric acid groups is 1. The molecule has 0 bridgehead atoms. The van der Waals surface area contributed by atoms with Crippen LogP contribution in [-0.4, -0.2) is 49.3 Å². The van der Waals surface area contributed by atoms with Crippen molar-refractivity contribution in [3.8, 4) is 0 Å². The number of hydrogen-bond donors (Lipinski definition) is 2. The largest absolute Gasteiger partial charge is 0.472 e. The summed E-state index contributed by atoms with van der Waals surface area (Å²) in [6.45, 7) is 3.43. The van der Waals surface area contributed by atoms with Gasteiger partial charge in [0.15, 0.2) is 6.10 Å². The van der Waals surface area contributed by atoms with Gasteiger partial charge in [-0.15, -0.1) is 0 Å². The maximum atomic E-state index is 12.7. The molecule has 0 aromatic heterocycles. The van der Waals surface area contributed by atoms with Crippen molar-refractivity contribution in [2.75, 3.05) is 26.4 Å². The van der Waals surface area contributed by atoms with Crippen LogP contribution in [-0.2, 0) is 32.7 Å². The van der Waals surface area contributed by atoms with E-state index in [2.05, 4.69) is 184 Å². The van der Waals surface area contributed by atoms with Crippen molar-refractivity contribution in [3.05, 3.63) is 170 Å². The smallest absolute Gasteiger partial charge is 0.462 e. The van der Waals surface area contributed by atoms with Gasteiger partial charge in [-0.3, -0.25) is 18.6 Å². The molecular weight excluding hydrogens is 954 g/mol. The number of phosphoric ester groups is 1. The molecule has 0 rings (SSSR count). The van der Waals surface area contributed by atoms with Crippen LogP contribution in [0, 0.1) is 0 Å². The fourth-order valence-corrected chi connectivity index (χ4v) is 7.71. The van der Waals surface area contributed by atoms with E-state index in [1.165, 1.54) is 0 Å². The summed E-state index contributed by atoms with van der Waals surface area (Å²) in [4.78, 5) is 35.1. The first-order valence-corrected chi connectivity index (χ1v) is 30.1. The molecule has 0 heterocycles. The Labute approximate surface area is 457 Å². The van der Waals surface area contributed by atoms with Gasteiger partial charge in [-0.05, 0) is 128 Å². The number of carbonyl (C=O) groups excluding carboxylic acids is 2. The minimum atomic E-state index is -4.41. The number of carbonyl (C=O) groups is 2. The van der Waals surface area contributed by atoms with Crippen molar-refractivity contribution in [2.24, 2.45) is 5.73 Å². The van der Waals surface area contributed by atoms with Crippen molar-refractivity contribution in [2.45, 2.75) is 200 Å². The molecule has 0 aromatic carbocycles. The van der Waals surface area contributed by atoms with Crippen molar-refractivity contribution in [1.29, 1.82) is 0 Å². The monoisotopic (exact) mass is 1060 g/mol. The summed E-state index contributed by atoms with van der Waals surface area (Å²) in [5.41, 5.74) is 5.37. The topological polar surface area (TPSA) is 134 Å². The maximum absolute atomic E-state index is 12.7. The second-order valence-electron chi connectivity index (χ2n) is 18.0. The molecule has 2 atom stereocenters. The maximum Gasteiger partial charge on any atom is 0.472 e. The van der Waals surface area contributed by atoms with Crippen LogP contribution in [0.4, 0.5) is 0 Å². The van der Waals surface area contributed by atoms with Crippen LogP contribution in [0.15, 0.2) is 170 Å². The Morgan fingerprint density at radius 3 is 1.03 bits per heavy atom. The summed E-state index contributed by atoms with van der Waals surface area (Å²) in [6, 6.07) is 0. The summed E-state index contributed by atoms with van der Waals surface area (Å²) < 4.78 is 32.9. The number of ether oxygens (including phenoxy) is 2. The first-order chi connectivity index (χ1) is 36.8. The van der Waals surface area contributed by atoms with E-state index in [0.717, 1.165) is 154 Å². The first kappa shape index (κ1) is 70.4. The fourth-order valence-electron chi connectivity index (χ4n) is 6.95. The van der Waals surface area contributed by atoms with Gasteiger partial charge < -0.3 is 20.1 Å². The number of esters is 2. The fraction of sp³-hybridized carbons (Fsp3) is 0.538. The third-order valence-corrected chi connectivity index (χ3v) is 12.1. The van der Waals surface area contributed by atoms with Gasteiger partial charge in [-0.1, -0.05) is 223 Å². The standard InChI is InChI=1S/C65H102NO8P/c1-3-5-7-9-11-13-15-17-19-20-21-22-23-24-25-26-27-28-29-30-31-32-33-34-35-36-37-38-39-40-41-42-44-46-48-50-52-54-56-58-65(68)74-63(62-73-75(69,70)72-60-59-66)61-71-64(67)57-55-53-51-49-47-45-43-18-16-14-12-10-8-6-4-2/h5-8,11-14,17-19,21-22,24-25,27-28,30-31,33-34,36-37,39-40,42-44,63H,3-4,9-10,15-16,20,23,26,29,32,35,38,41,45-62,66H2,1-2H3,(H,69,70)/b7-5-,8-6-,13-11-,14-12-,19-17-,22-21-,25-24-,28-27-,31-30-,34-33-,37-36-,40-39-,43-18-,44-42-. The second-order valence-corrected chi connectivity index (χ2v) is 19.5. The van der Waals surface area contributed by atoms with Gasteiger partial charge in [0.05, 0.1) is 13.2 Å². The Bertz CT molecular complexity index is 1820. The Morgan fingerprint density at radius 2 is 0.693 bits per heavy atom. The predicted octanol–water partition coefficient (Wildman–Crippen LogP) is 18.3. The Morgan fingerprint density at radius 1 is 0.400 bits per heavy atom. The molecule has 0 aliphatic heterocycles. The lowest BCUT2D eigenvalue weighted by molar-refractivity contribution is -0.161. The minimum Gasteiger partial charge on any atom is -0.462 e. The molecule has 0 fully saturated rings. The van der Waals surface area contributed by atoms with Gasteiger partial charge in [0.1, 0.15) is 6.61 Å². The van der Waals surface area contributed by atoms with Crippen LogP contribution >= 0.6 is 7.82 Å². The summed E-state index contributed by atoms with van der Waals surface area (Å²) in [6.07, 6.45) is 87.0. The highest BCUT2D eigenvalue weighted by atomic mass is 31.2. The molecule has 0 saturated heterocycles. The van der Waals surface area contributed by atoms with Crippen LogP contribution in [0.25, 0.3) is 0 Å². The van der Waals surface area contributed by atoms with Crippen LogP contribution < -0.4 is 5.73 Å². The third-order valence-electron chi connectivity index (χ3n) is 11.1. The van der Waals surface area contributed by atoms with Crippen LogP contribution in [0.5, 0.6) is 0 Å². The minimum absolute atomic E-state index is 0.0378. The summed E-state index contributed by atoms with van der Waals surface area (Å²) >= 11 is 0. The zero-order valence-corrected chi connectivity index (χ0v) is 47.6. The third kappa shape index (κ3) is 58.5. The van der Waals surface area contributed by atoms with E-state index in [1.807, 2.05) is 0 Å². The number of rotatable bonds is 51. The summed E-state index contributed by atoms with van der Waals surface area (Å²) in [7, 11) is -4.41. The SMILES string of the molecule is CC/C=C\C/C=C\C/C=C\C/C=C\C/C=C\C/C=C\C/C=C\C/C=C\C/C=C\C/C=C\C/C=C\CCCCCCCC(=O)OC(COC(=O)CCCCCCC/C=C\C/C=C\C/C=C\CC)COP(=O)(O)OCCN. The van der Waals surface area contributed by atoms with E-state index in [0.29, 0.717) is 12.8 Å². The highest BCUT2D eigenvalue weighted by Crippen LogP contribution is 2.43. The molecule has 0 spiro atoms. The zero-order chi connectivity index (χ0) is 54.5. The van der Waals surface area contributed by atoms with Gasteiger partial charge in [-0.25, -0.2) is 4.57 Å². The van der Waals surface area contributed by atoms with Crippen LogP contribution in [0.3, 0.4) is 0 Å². The highest BCUT2D eigenvalue weighted by Gasteiger charge is 2.26. The second kappa shape index (κ2) is 58.6. The van der Waals surface area contributed by atoms with E-state index in [4.69, 9.17) is 24.3 Å². The molecule has 420 valence electrons. The van der Waals surface area contributed by atoms with Crippen LogP contribution in [0.2, 0.25) is 0 Å². The molecule has 0 saturated carbocycles. The van der Waals surface area contributed by atoms with Crippen LogP contribution in [0.1, 0.15) is 194 Å². The van der Waals surface area contributed by atoms with Gasteiger partial charge >= 0.3 is 19.8 Å². The molecule has 0 aliphatic rings. The molecule has 9 nitrogen and oxygen atoms in total. The van der Waals surface area contributed by atoms with Gasteiger partial charge in [-0.2, -0.15) is 0 Å². The number of unbranched alkanes of at least 4 members (excludes halogenated alkanes) is 10. The molecule has 2 unspecified atom stereocenters. The Balaban J connectivity index is 4.08. The highest BCUT2D eigenvalue weighted by molar-refractivity contribution is 7.47. The van der Waals surface area contributed by atoms with E-state index < -0.39 is 32.5 Å². The number of hydrogen-bond acceptors (Lipinski definition) is 8. The normalized spacial score (nSPS) is 14.3. The lowest BCUT2D eigenvalue weighted by atomic mass is 10.1. The molecule has 10 heteroatoms. The molecular formula is C65H102NO8P. The van der Waals surface area contributed by atoms with E-state index in [1.54, 1.807) is 0 Å². The lowest BCUT2D eigenvalue weighted by Gasteiger charge is -2.19. The van der Waals surface area contributed by atoms with E-state index in [-0.39, 0.29) is 32.6 Å². The summed E-state index contributed by atoms with van der Waals surface area (Å²) in [5, 5.41) is 0. The van der Waals surface area contributed by atoms with Crippen molar-refractivity contribution in [1.82, 2.24) is 0 Å². The molecule has 75 heavy (non-hydrogen) atoms. The van der Waals surface area contributed by atoms with Crippen molar-refractivity contribution < 1.29 is 37.6 Å². The molecule has 0 radical (unpaired) electrons. The first-order valence-electron chi connectivity index (χ1n) is 28.6. The summed E-state index contributed by atoms with van der Waals surface area (Å²) in [5.74, 6) is -0.886. The van der Waals surface area contributed by atoms with Gasteiger partial charge in [0.25, 0.3) is 0 Å². The van der Waals surface area contributed by atoms with E-state index >= 15 is 0 Å². The average Bonchev–Trinajstić information content (AvgIpc) is 3.40. The average molecular weight is 1060 g/mol. The number of allylic oxidation sites excluding steroid dienone is 28. The zero-order valence-electron chi connectivity index (χ0n) is 46.7. The molecule has 0 aliphatic carbocycles. The predicted molar refractivity (Wildman–Crippen MR) is 320 cm³/mol. The van der Waals surface area contributed by atoms with Crippen molar-refractivity contribution in [3.63, 3.8) is 0 Å². The molecule has 3 N–H and O–H groups in total. The quantitative estimate of drug-likeness (QED) is 0.0264. The lowest BCUT2D eigenvalue weighted by Crippen LogP contribution is -2.29.